The lowest BCUT2D eigenvalue weighted by molar-refractivity contribution is -0.138. The number of hydrogen-bond donors (Lipinski definition) is 1. The van der Waals surface area contributed by atoms with Gasteiger partial charge in [0.1, 0.15) is 5.70 Å². The van der Waals surface area contributed by atoms with Crippen molar-refractivity contribution in [3.05, 3.63) is 30.0 Å². The molecule has 0 saturated carbocycles. The van der Waals surface area contributed by atoms with Crippen LogP contribution < -0.4 is 10.2 Å². The lowest BCUT2D eigenvalue weighted by atomic mass is 9.99. The summed E-state index contributed by atoms with van der Waals surface area (Å²) in [5.74, 6) is -1.01. The van der Waals surface area contributed by atoms with Gasteiger partial charge in [-0.3, -0.25) is 0 Å². The summed E-state index contributed by atoms with van der Waals surface area (Å²) in [4.78, 5) is 25.8. The number of carbonyl (C=O) groups is 2. The third-order valence-electron chi connectivity index (χ3n) is 4.50. The minimum Gasteiger partial charge on any atom is -0.466 e. The van der Waals surface area contributed by atoms with Gasteiger partial charge in [0, 0.05) is 25.0 Å². The van der Waals surface area contributed by atoms with Crippen LogP contribution in [0.5, 0.6) is 0 Å². The molecule has 9 heteroatoms. The first-order valence-electron chi connectivity index (χ1n) is 8.89. The predicted octanol–water partition coefficient (Wildman–Crippen LogP) is 1.97. The van der Waals surface area contributed by atoms with Crippen LogP contribution in [0.3, 0.4) is 0 Å². The molecule has 1 N–H and O–H groups in total. The number of nitrogens with one attached hydrogen (secondary N) is 1. The minimum absolute atomic E-state index is 0.112. The highest BCUT2D eigenvalue weighted by molar-refractivity contribution is 7.90. The summed E-state index contributed by atoms with van der Waals surface area (Å²) in [6, 6.07) is 4.71. The Morgan fingerprint density at radius 2 is 1.96 bits per heavy atom. The first-order valence-corrected chi connectivity index (χ1v) is 10.8. The molecular weight excluding hydrogens is 384 g/mol. The van der Waals surface area contributed by atoms with E-state index in [2.05, 4.69) is 21.7 Å². The third-order valence-corrected chi connectivity index (χ3v) is 5.65. The molecule has 1 fully saturated rings. The third kappa shape index (κ3) is 5.48. The van der Waals surface area contributed by atoms with E-state index in [0.717, 1.165) is 32.0 Å². The van der Waals surface area contributed by atoms with Gasteiger partial charge in [-0.1, -0.05) is 6.92 Å². The number of hydrogen-bond acceptors (Lipinski definition) is 8. The molecule has 1 aromatic carbocycles. The molecule has 1 heterocycles. The second-order valence-electron chi connectivity index (χ2n) is 6.85. The summed E-state index contributed by atoms with van der Waals surface area (Å²) in [6.45, 7) is 3.62. The number of rotatable bonds is 6. The Kier molecular flexibility index (Phi) is 7.06. The van der Waals surface area contributed by atoms with Crippen LogP contribution in [0.25, 0.3) is 0 Å². The summed E-state index contributed by atoms with van der Waals surface area (Å²) >= 11 is 0. The van der Waals surface area contributed by atoms with Crippen LogP contribution in [0.4, 0.5) is 11.4 Å². The molecule has 1 aromatic rings. The number of esters is 2. The standard InChI is InChI=1S/C19H26N2O6S/c1-13-6-5-9-21(12-13)16-10-14(7-8-17(16)28(4,24)25)20-15(19(23)27-3)11-18(22)26-2/h7-8,10-11,13,20H,5-6,9,12H2,1-4H3/b15-11+. The summed E-state index contributed by atoms with van der Waals surface area (Å²) in [6.07, 6.45) is 4.22. The number of ether oxygens (including phenoxy) is 2. The van der Waals surface area contributed by atoms with Crippen LogP contribution in [0, 0.1) is 5.92 Å². The molecule has 1 aliphatic heterocycles. The van der Waals surface area contributed by atoms with Crippen molar-refractivity contribution in [2.24, 2.45) is 5.92 Å². The Morgan fingerprint density at radius 3 is 2.54 bits per heavy atom. The largest absolute Gasteiger partial charge is 0.466 e. The highest BCUT2D eigenvalue weighted by Gasteiger charge is 2.23. The molecule has 0 radical (unpaired) electrons. The van der Waals surface area contributed by atoms with E-state index in [1.54, 1.807) is 12.1 Å². The maximum absolute atomic E-state index is 12.3. The van der Waals surface area contributed by atoms with Gasteiger partial charge >= 0.3 is 11.9 Å². The molecule has 2 rings (SSSR count). The molecule has 1 saturated heterocycles. The van der Waals surface area contributed by atoms with Gasteiger partial charge in [-0.2, -0.15) is 0 Å². The Hall–Kier alpha value is -2.55. The molecule has 1 atom stereocenters. The van der Waals surface area contributed by atoms with Crippen LogP contribution >= 0.6 is 0 Å². The number of piperidine rings is 1. The molecule has 0 aliphatic carbocycles. The molecule has 8 nitrogen and oxygen atoms in total. The monoisotopic (exact) mass is 410 g/mol. The van der Waals surface area contributed by atoms with Gasteiger partial charge in [0.2, 0.25) is 0 Å². The van der Waals surface area contributed by atoms with Crippen molar-refractivity contribution in [1.29, 1.82) is 0 Å². The molecule has 1 aliphatic rings. The number of sulfone groups is 1. The molecule has 154 valence electrons. The van der Waals surface area contributed by atoms with Crippen LogP contribution in [0.2, 0.25) is 0 Å². The molecule has 0 amide bonds. The fourth-order valence-electron chi connectivity index (χ4n) is 3.15. The number of anilines is 2. The van der Waals surface area contributed by atoms with Crippen molar-refractivity contribution in [3.8, 4) is 0 Å². The highest BCUT2D eigenvalue weighted by atomic mass is 32.2. The van der Waals surface area contributed by atoms with Crippen LogP contribution in [-0.2, 0) is 28.9 Å². The van der Waals surface area contributed by atoms with E-state index in [4.69, 9.17) is 0 Å². The average molecular weight is 410 g/mol. The smallest absolute Gasteiger partial charge is 0.354 e. The van der Waals surface area contributed by atoms with Gasteiger partial charge in [-0.25, -0.2) is 18.0 Å². The van der Waals surface area contributed by atoms with Gasteiger partial charge in [-0.15, -0.1) is 0 Å². The maximum Gasteiger partial charge on any atom is 0.354 e. The van der Waals surface area contributed by atoms with Gasteiger partial charge in [0.25, 0.3) is 0 Å². The zero-order valence-corrected chi connectivity index (χ0v) is 17.3. The second kappa shape index (κ2) is 9.09. The van der Waals surface area contributed by atoms with Gasteiger partial charge < -0.3 is 19.7 Å². The van der Waals surface area contributed by atoms with E-state index in [-0.39, 0.29) is 10.6 Å². The van der Waals surface area contributed by atoms with Gasteiger partial charge in [-0.05, 0) is 37.0 Å². The molecular formula is C19H26N2O6S. The molecule has 1 unspecified atom stereocenters. The summed E-state index contributed by atoms with van der Waals surface area (Å²) in [5, 5.41) is 2.83. The van der Waals surface area contributed by atoms with Crippen molar-refractivity contribution >= 4 is 33.2 Å². The van der Waals surface area contributed by atoms with Crippen molar-refractivity contribution < 1.29 is 27.5 Å². The SMILES string of the molecule is COC(=O)/C=C(/Nc1ccc(S(C)(=O)=O)c(N2CCCC(C)C2)c1)C(=O)OC. The van der Waals surface area contributed by atoms with Gasteiger partial charge in [0.15, 0.2) is 9.84 Å². The summed E-state index contributed by atoms with van der Waals surface area (Å²) < 4.78 is 33.8. The molecule has 0 spiro atoms. The van der Waals surface area contributed by atoms with E-state index < -0.39 is 21.8 Å². The summed E-state index contributed by atoms with van der Waals surface area (Å²) in [7, 11) is -1.04. The van der Waals surface area contributed by atoms with E-state index in [9.17, 15) is 18.0 Å². The normalized spacial score (nSPS) is 17.8. The number of carbonyl (C=O) groups excluding carboxylic acids is 2. The Bertz CT molecular complexity index is 878. The maximum atomic E-state index is 12.3. The Morgan fingerprint density at radius 1 is 1.25 bits per heavy atom. The average Bonchev–Trinajstić information content (AvgIpc) is 2.65. The quantitative estimate of drug-likeness (QED) is 0.561. The van der Waals surface area contributed by atoms with Crippen molar-refractivity contribution in [2.75, 3.05) is 43.8 Å². The van der Waals surface area contributed by atoms with E-state index in [0.29, 0.717) is 17.3 Å². The summed E-state index contributed by atoms with van der Waals surface area (Å²) in [5.41, 5.74) is 0.918. The van der Waals surface area contributed by atoms with Crippen LogP contribution in [0.1, 0.15) is 19.8 Å². The van der Waals surface area contributed by atoms with E-state index in [1.165, 1.54) is 26.5 Å². The Balaban J connectivity index is 2.45. The predicted molar refractivity (Wildman–Crippen MR) is 106 cm³/mol. The molecule has 28 heavy (non-hydrogen) atoms. The zero-order chi connectivity index (χ0) is 20.9. The van der Waals surface area contributed by atoms with Gasteiger partial charge in [0.05, 0.1) is 30.9 Å². The lowest BCUT2D eigenvalue weighted by Crippen LogP contribution is -2.35. The number of benzene rings is 1. The number of nitrogens with zero attached hydrogens (tertiary/aromatic N) is 1. The fourth-order valence-corrected chi connectivity index (χ4v) is 4.04. The van der Waals surface area contributed by atoms with Crippen molar-refractivity contribution in [3.63, 3.8) is 0 Å². The van der Waals surface area contributed by atoms with Crippen LogP contribution in [0.15, 0.2) is 34.9 Å². The number of methoxy groups -OCH3 is 2. The zero-order valence-electron chi connectivity index (χ0n) is 16.5. The topological polar surface area (TPSA) is 102 Å². The second-order valence-corrected chi connectivity index (χ2v) is 8.83. The van der Waals surface area contributed by atoms with E-state index >= 15 is 0 Å². The fraction of sp³-hybridized carbons (Fsp3) is 0.474. The first-order chi connectivity index (χ1) is 13.2. The highest BCUT2D eigenvalue weighted by Crippen LogP contribution is 2.32. The molecule has 0 bridgehead atoms. The van der Waals surface area contributed by atoms with E-state index in [1.807, 2.05) is 4.90 Å². The lowest BCUT2D eigenvalue weighted by Gasteiger charge is -2.34. The Labute approximate surface area is 165 Å². The molecule has 0 aromatic heterocycles. The van der Waals surface area contributed by atoms with Crippen LogP contribution in [-0.4, -0.2) is 53.9 Å². The van der Waals surface area contributed by atoms with Crippen molar-refractivity contribution in [1.82, 2.24) is 0 Å². The first kappa shape index (κ1) is 21.7. The minimum atomic E-state index is -3.44. The van der Waals surface area contributed by atoms with Crippen molar-refractivity contribution in [2.45, 2.75) is 24.7 Å².